The Morgan fingerprint density at radius 1 is 1.33 bits per heavy atom. The fraction of sp³-hybridized carbons (Fsp3) is 0. The van der Waals surface area contributed by atoms with Crippen molar-refractivity contribution in [3.05, 3.63) is 47.1 Å². The largest absolute Gasteiger partial charge is 0.478 e. The number of aromatic carboxylic acids is 1. The van der Waals surface area contributed by atoms with Crippen molar-refractivity contribution in [3.8, 4) is 0 Å². The molecule has 10 heteroatoms. The van der Waals surface area contributed by atoms with Gasteiger partial charge >= 0.3 is 5.97 Å². The number of aromatic nitrogens is 2. The van der Waals surface area contributed by atoms with Crippen molar-refractivity contribution < 1.29 is 22.7 Å². The summed E-state index contributed by atoms with van der Waals surface area (Å²) < 4.78 is 39.7. The SMILES string of the molecule is O=C(O)c1ccc(F)c(S(=O)(=O)Nc2ccnc(Cl)n2)c1. The van der Waals surface area contributed by atoms with Crippen molar-refractivity contribution in [2.45, 2.75) is 4.90 Å². The number of nitrogens with zero attached hydrogens (tertiary/aromatic N) is 2. The third kappa shape index (κ3) is 3.44. The predicted octanol–water partition coefficient (Wildman–Crippen LogP) is 1.77. The summed E-state index contributed by atoms with van der Waals surface area (Å²) in [4.78, 5) is 17.2. The Hall–Kier alpha value is -2.26. The van der Waals surface area contributed by atoms with Crippen molar-refractivity contribution in [2.24, 2.45) is 0 Å². The number of anilines is 1. The molecule has 0 radical (unpaired) electrons. The van der Waals surface area contributed by atoms with Crippen molar-refractivity contribution >= 4 is 33.4 Å². The number of benzene rings is 1. The Morgan fingerprint density at radius 3 is 2.67 bits per heavy atom. The first-order chi connectivity index (χ1) is 9.79. The van der Waals surface area contributed by atoms with Crippen LogP contribution in [-0.4, -0.2) is 29.5 Å². The van der Waals surface area contributed by atoms with Gasteiger partial charge in [-0.05, 0) is 35.9 Å². The third-order valence-corrected chi connectivity index (χ3v) is 3.88. The summed E-state index contributed by atoms with van der Waals surface area (Å²) in [6.07, 6.45) is 1.21. The first-order valence-corrected chi connectivity index (χ1v) is 7.20. The molecule has 7 nitrogen and oxygen atoms in total. The van der Waals surface area contributed by atoms with E-state index in [1.54, 1.807) is 0 Å². The van der Waals surface area contributed by atoms with Gasteiger partial charge in [0, 0.05) is 6.20 Å². The second kappa shape index (κ2) is 5.62. The van der Waals surface area contributed by atoms with Crippen LogP contribution in [0.25, 0.3) is 0 Å². The van der Waals surface area contributed by atoms with Gasteiger partial charge in [0.1, 0.15) is 16.5 Å². The van der Waals surface area contributed by atoms with Crippen LogP contribution in [0.1, 0.15) is 10.4 Å². The summed E-state index contributed by atoms with van der Waals surface area (Å²) >= 11 is 5.51. The molecule has 2 N–H and O–H groups in total. The molecule has 1 heterocycles. The molecule has 2 aromatic rings. The number of hydrogen-bond acceptors (Lipinski definition) is 5. The average molecular weight is 332 g/mol. The maximum absolute atomic E-state index is 13.6. The van der Waals surface area contributed by atoms with Gasteiger partial charge in [-0.2, -0.15) is 4.98 Å². The van der Waals surface area contributed by atoms with Gasteiger partial charge in [-0.1, -0.05) is 0 Å². The molecule has 0 bridgehead atoms. The maximum Gasteiger partial charge on any atom is 0.335 e. The first-order valence-electron chi connectivity index (χ1n) is 5.34. The van der Waals surface area contributed by atoms with E-state index in [1.165, 1.54) is 12.3 Å². The minimum Gasteiger partial charge on any atom is -0.478 e. The van der Waals surface area contributed by atoms with E-state index in [2.05, 4.69) is 9.97 Å². The molecular weight excluding hydrogens is 325 g/mol. The zero-order chi connectivity index (χ0) is 15.6. The molecule has 1 aromatic carbocycles. The van der Waals surface area contributed by atoms with Crippen LogP contribution in [0.2, 0.25) is 5.28 Å². The summed E-state index contributed by atoms with van der Waals surface area (Å²) in [5, 5.41) is 8.62. The lowest BCUT2D eigenvalue weighted by Crippen LogP contribution is -2.16. The molecule has 0 atom stereocenters. The van der Waals surface area contributed by atoms with Crippen LogP contribution < -0.4 is 4.72 Å². The molecule has 0 unspecified atom stereocenters. The van der Waals surface area contributed by atoms with E-state index in [1.807, 2.05) is 4.72 Å². The van der Waals surface area contributed by atoms with E-state index in [9.17, 15) is 17.6 Å². The van der Waals surface area contributed by atoms with E-state index in [0.717, 1.165) is 12.1 Å². The standard InChI is InChI=1S/C11H7ClFN3O4S/c12-11-14-4-3-9(15-11)16-21(19,20)8-5-6(10(17)18)1-2-7(8)13/h1-5H,(H,17,18)(H,14,15,16). The quantitative estimate of drug-likeness (QED) is 0.826. The predicted molar refractivity (Wildman–Crippen MR) is 71.2 cm³/mol. The zero-order valence-corrected chi connectivity index (χ0v) is 11.7. The molecule has 0 aliphatic heterocycles. The van der Waals surface area contributed by atoms with E-state index >= 15 is 0 Å². The lowest BCUT2D eigenvalue weighted by molar-refractivity contribution is 0.0696. The minimum absolute atomic E-state index is 0.171. The van der Waals surface area contributed by atoms with Crippen molar-refractivity contribution in [1.29, 1.82) is 0 Å². The number of sulfonamides is 1. The highest BCUT2D eigenvalue weighted by Crippen LogP contribution is 2.19. The molecule has 0 spiro atoms. The van der Waals surface area contributed by atoms with Gasteiger partial charge in [0.25, 0.3) is 10.0 Å². The second-order valence-electron chi connectivity index (χ2n) is 3.77. The first kappa shape index (κ1) is 15.1. The number of carboxylic acids is 1. The fourth-order valence-corrected chi connectivity index (χ4v) is 2.68. The lowest BCUT2D eigenvalue weighted by Gasteiger charge is -2.08. The molecule has 0 saturated carbocycles. The highest BCUT2D eigenvalue weighted by molar-refractivity contribution is 7.92. The zero-order valence-electron chi connectivity index (χ0n) is 10.1. The van der Waals surface area contributed by atoms with Crippen molar-refractivity contribution in [2.75, 3.05) is 4.72 Å². The number of carbonyl (C=O) groups is 1. The van der Waals surface area contributed by atoms with E-state index in [4.69, 9.17) is 16.7 Å². The van der Waals surface area contributed by atoms with Crippen LogP contribution in [0.3, 0.4) is 0 Å². The number of halogens is 2. The summed E-state index contributed by atoms with van der Waals surface area (Å²) in [6, 6.07) is 3.63. The molecule has 0 saturated heterocycles. The van der Waals surface area contributed by atoms with Gasteiger partial charge in [-0.15, -0.1) is 0 Å². The number of hydrogen-bond donors (Lipinski definition) is 2. The van der Waals surface area contributed by atoms with Crippen LogP contribution >= 0.6 is 11.6 Å². The van der Waals surface area contributed by atoms with Crippen LogP contribution in [0.4, 0.5) is 10.2 Å². The summed E-state index contributed by atoms with van der Waals surface area (Å²) in [7, 11) is -4.35. The molecule has 0 amide bonds. The Labute approximate surface area is 123 Å². The van der Waals surface area contributed by atoms with E-state index in [-0.39, 0.29) is 16.7 Å². The van der Waals surface area contributed by atoms with Gasteiger partial charge < -0.3 is 5.11 Å². The van der Waals surface area contributed by atoms with Crippen molar-refractivity contribution in [3.63, 3.8) is 0 Å². The molecule has 2 rings (SSSR count). The Kier molecular flexibility index (Phi) is 4.05. The number of nitrogens with one attached hydrogen (secondary N) is 1. The van der Waals surface area contributed by atoms with Gasteiger partial charge in [-0.25, -0.2) is 22.6 Å². The molecule has 0 fully saturated rings. The monoisotopic (exact) mass is 331 g/mol. The van der Waals surface area contributed by atoms with Crippen LogP contribution in [-0.2, 0) is 10.0 Å². The average Bonchev–Trinajstić information content (AvgIpc) is 2.38. The summed E-state index contributed by atoms with van der Waals surface area (Å²) in [5.74, 6) is -2.64. The second-order valence-corrected chi connectivity index (χ2v) is 5.76. The number of carboxylic acid groups (broad SMARTS) is 1. The Bertz CT molecular complexity index is 813. The Balaban J connectivity index is 2.44. The molecular formula is C11H7ClFN3O4S. The van der Waals surface area contributed by atoms with Crippen LogP contribution in [0.15, 0.2) is 35.4 Å². The highest BCUT2D eigenvalue weighted by Gasteiger charge is 2.21. The molecule has 0 aliphatic rings. The fourth-order valence-electron chi connectivity index (χ4n) is 1.43. The van der Waals surface area contributed by atoms with Gasteiger partial charge in [0.05, 0.1) is 5.56 Å². The molecule has 1 aromatic heterocycles. The Morgan fingerprint density at radius 2 is 2.05 bits per heavy atom. The number of rotatable bonds is 4. The third-order valence-electron chi connectivity index (χ3n) is 2.33. The molecule has 0 aliphatic carbocycles. The van der Waals surface area contributed by atoms with Crippen LogP contribution in [0, 0.1) is 5.82 Å². The smallest absolute Gasteiger partial charge is 0.335 e. The minimum atomic E-state index is -4.35. The summed E-state index contributed by atoms with van der Waals surface area (Å²) in [5.41, 5.74) is -0.363. The molecule has 21 heavy (non-hydrogen) atoms. The van der Waals surface area contributed by atoms with Crippen molar-refractivity contribution in [1.82, 2.24) is 9.97 Å². The highest BCUT2D eigenvalue weighted by atomic mass is 35.5. The topological polar surface area (TPSA) is 109 Å². The van der Waals surface area contributed by atoms with E-state index < -0.39 is 26.7 Å². The van der Waals surface area contributed by atoms with Gasteiger partial charge in [-0.3, -0.25) is 4.72 Å². The lowest BCUT2D eigenvalue weighted by atomic mass is 10.2. The summed E-state index contributed by atoms with van der Waals surface area (Å²) in [6.45, 7) is 0. The molecule has 110 valence electrons. The van der Waals surface area contributed by atoms with Crippen LogP contribution in [0.5, 0.6) is 0 Å². The van der Waals surface area contributed by atoms with Gasteiger partial charge in [0.15, 0.2) is 0 Å². The normalized spacial score (nSPS) is 11.1. The van der Waals surface area contributed by atoms with Gasteiger partial charge in [0.2, 0.25) is 5.28 Å². The van der Waals surface area contributed by atoms with E-state index in [0.29, 0.717) is 6.07 Å². The maximum atomic E-state index is 13.6.